The number of alkyl carbamates (subject to hydrolysis) is 1. The molecule has 1 fully saturated rings. The number of H-pyrrole nitrogens is 1. The Kier molecular flexibility index (Phi) is 10.3. The standard InChI is InChI=1S/C31H48N2O5/c1-19(2)24(23(10-9-15-36-8)22-12-11-21-13-14-32-26(21)16-22)17-27(33-30(35)38-31(5,6)7)28-18-25(20(3)4)29(34)37-28/h11-14,16,19-20,23-25,27-28,32H,9-10,15,17-18H2,1-8H3,(H,33,35). The zero-order valence-electron chi connectivity index (χ0n) is 24.5. The van der Waals surface area contributed by atoms with Crippen LogP contribution in [0.2, 0.25) is 0 Å². The van der Waals surface area contributed by atoms with Crippen molar-refractivity contribution in [1.82, 2.24) is 10.3 Å². The molecule has 0 saturated carbocycles. The molecular weight excluding hydrogens is 480 g/mol. The first kappa shape index (κ1) is 30.0. The summed E-state index contributed by atoms with van der Waals surface area (Å²) >= 11 is 0. The van der Waals surface area contributed by atoms with Crippen LogP contribution in [0.15, 0.2) is 30.5 Å². The molecule has 38 heavy (non-hydrogen) atoms. The van der Waals surface area contributed by atoms with Gasteiger partial charge in [0.1, 0.15) is 11.7 Å². The molecule has 1 saturated heterocycles. The van der Waals surface area contributed by atoms with Gasteiger partial charge in [-0.25, -0.2) is 4.79 Å². The third-order valence-electron chi connectivity index (χ3n) is 7.78. The Morgan fingerprint density at radius 2 is 1.92 bits per heavy atom. The average molecular weight is 529 g/mol. The minimum absolute atomic E-state index is 0.159. The third-order valence-corrected chi connectivity index (χ3v) is 7.78. The van der Waals surface area contributed by atoms with Crippen molar-refractivity contribution in [2.24, 2.45) is 23.7 Å². The number of hydrogen-bond acceptors (Lipinski definition) is 5. The SMILES string of the molecule is COCCCC(c1ccc2cc[nH]c2c1)C(CC(NC(=O)OC(C)(C)C)C1CC(C(C)C)C(=O)O1)C(C)C. The summed E-state index contributed by atoms with van der Waals surface area (Å²) in [6, 6.07) is 8.39. The van der Waals surface area contributed by atoms with Crippen LogP contribution in [-0.2, 0) is 19.0 Å². The van der Waals surface area contributed by atoms with Gasteiger partial charge >= 0.3 is 12.1 Å². The predicted octanol–water partition coefficient (Wildman–Crippen LogP) is 6.82. The maximum atomic E-state index is 12.9. The molecule has 1 aromatic carbocycles. The number of esters is 1. The molecular formula is C31H48N2O5. The number of rotatable bonds is 12. The molecule has 1 aliphatic heterocycles. The lowest BCUT2D eigenvalue weighted by atomic mass is 9.73. The van der Waals surface area contributed by atoms with E-state index < -0.39 is 11.7 Å². The molecule has 0 aliphatic carbocycles. The largest absolute Gasteiger partial charge is 0.460 e. The highest BCUT2D eigenvalue weighted by Gasteiger charge is 2.43. The summed E-state index contributed by atoms with van der Waals surface area (Å²) < 4.78 is 16.9. The number of aromatic amines is 1. The van der Waals surface area contributed by atoms with Crippen LogP contribution in [0.1, 0.15) is 85.6 Å². The number of ether oxygens (including phenoxy) is 3. The van der Waals surface area contributed by atoms with Crippen LogP contribution in [0, 0.1) is 23.7 Å². The van der Waals surface area contributed by atoms with Crippen molar-refractivity contribution in [2.45, 2.75) is 97.8 Å². The summed E-state index contributed by atoms with van der Waals surface area (Å²) in [4.78, 5) is 29.0. The second-order valence-corrected chi connectivity index (χ2v) is 12.5. The molecule has 0 radical (unpaired) electrons. The van der Waals surface area contributed by atoms with Gasteiger partial charge in [-0.1, -0.05) is 39.8 Å². The van der Waals surface area contributed by atoms with Crippen LogP contribution in [0.3, 0.4) is 0 Å². The average Bonchev–Trinajstić information content (AvgIpc) is 3.44. The van der Waals surface area contributed by atoms with Crippen LogP contribution in [0.4, 0.5) is 4.79 Å². The number of carbonyl (C=O) groups is 2. The molecule has 2 aromatic rings. The normalized spacial score (nSPS) is 20.5. The van der Waals surface area contributed by atoms with E-state index >= 15 is 0 Å². The zero-order valence-corrected chi connectivity index (χ0v) is 24.5. The van der Waals surface area contributed by atoms with E-state index in [4.69, 9.17) is 14.2 Å². The van der Waals surface area contributed by atoms with Gasteiger partial charge < -0.3 is 24.5 Å². The number of hydrogen-bond donors (Lipinski definition) is 2. The highest BCUT2D eigenvalue weighted by molar-refractivity contribution is 5.80. The highest BCUT2D eigenvalue weighted by atomic mass is 16.6. The number of carbonyl (C=O) groups excluding carboxylic acids is 2. The van der Waals surface area contributed by atoms with Crippen molar-refractivity contribution in [3.8, 4) is 0 Å². The quantitative estimate of drug-likeness (QED) is 0.233. The van der Waals surface area contributed by atoms with Crippen molar-refractivity contribution in [1.29, 1.82) is 0 Å². The molecule has 1 amide bonds. The summed E-state index contributed by atoms with van der Waals surface area (Å²) in [5, 5.41) is 4.30. The summed E-state index contributed by atoms with van der Waals surface area (Å²) in [6.07, 6.45) is 4.29. The first-order chi connectivity index (χ1) is 17.9. The van der Waals surface area contributed by atoms with Crippen molar-refractivity contribution in [3.05, 3.63) is 36.0 Å². The van der Waals surface area contributed by atoms with Crippen molar-refractivity contribution in [2.75, 3.05) is 13.7 Å². The molecule has 5 unspecified atom stereocenters. The van der Waals surface area contributed by atoms with E-state index in [0.29, 0.717) is 25.4 Å². The minimum atomic E-state index is -0.618. The maximum absolute atomic E-state index is 12.9. The van der Waals surface area contributed by atoms with Crippen molar-refractivity contribution in [3.63, 3.8) is 0 Å². The fourth-order valence-corrected chi connectivity index (χ4v) is 5.75. The fourth-order valence-electron chi connectivity index (χ4n) is 5.75. The first-order valence-electron chi connectivity index (χ1n) is 14.2. The lowest BCUT2D eigenvalue weighted by Crippen LogP contribution is -2.47. The van der Waals surface area contributed by atoms with E-state index in [1.54, 1.807) is 7.11 Å². The third kappa shape index (κ3) is 7.98. The summed E-state index contributed by atoms with van der Waals surface area (Å²) in [7, 11) is 1.74. The highest BCUT2D eigenvalue weighted by Crippen LogP contribution is 2.40. The van der Waals surface area contributed by atoms with E-state index in [1.165, 1.54) is 10.9 Å². The summed E-state index contributed by atoms with van der Waals surface area (Å²) in [6.45, 7) is 14.8. The monoisotopic (exact) mass is 528 g/mol. The molecule has 2 heterocycles. The van der Waals surface area contributed by atoms with Gasteiger partial charge in [0, 0.05) is 25.4 Å². The number of benzene rings is 1. The summed E-state index contributed by atoms with van der Waals surface area (Å²) in [5.74, 6) is 0.673. The van der Waals surface area contributed by atoms with Gasteiger partial charge in [-0.3, -0.25) is 4.79 Å². The van der Waals surface area contributed by atoms with E-state index in [9.17, 15) is 9.59 Å². The van der Waals surface area contributed by atoms with Gasteiger partial charge in [0.25, 0.3) is 0 Å². The number of fused-ring (bicyclic) bond motifs is 1. The zero-order chi connectivity index (χ0) is 28.0. The van der Waals surface area contributed by atoms with Gasteiger partial charge in [0.2, 0.25) is 0 Å². The molecule has 0 spiro atoms. The maximum Gasteiger partial charge on any atom is 0.408 e. The van der Waals surface area contributed by atoms with E-state index in [2.05, 4.69) is 48.4 Å². The van der Waals surface area contributed by atoms with Crippen molar-refractivity contribution < 1.29 is 23.8 Å². The van der Waals surface area contributed by atoms with Gasteiger partial charge in [0.15, 0.2) is 0 Å². The van der Waals surface area contributed by atoms with Gasteiger partial charge in [0.05, 0.1) is 12.0 Å². The molecule has 7 nitrogen and oxygen atoms in total. The Morgan fingerprint density at radius 3 is 2.53 bits per heavy atom. The number of cyclic esters (lactones) is 1. The molecule has 0 bridgehead atoms. The lowest BCUT2D eigenvalue weighted by Gasteiger charge is -2.36. The Morgan fingerprint density at radius 1 is 1.18 bits per heavy atom. The van der Waals surface area contributed by atoms with Crippen molar-refractivity contribution >= 4 is 23.0 Å². The van der Waals surface area contributed by atoms with E-state index in [-0.39, 0.29) is 41.8 Å². The molecule has 5 atom stereocenters. The fraction of sp³-hybridized carbons (Fsp3) is 0.677. The Hall–Kier alpha value is -2.54. The Balaban J connectivity index is 1.93. The molecule has 212 valence electrons. The van der Waals surface area contributed by atoms with Gasteiger partial charge in [-0.2, -0.15) is 0 Å². The second kappa shape index (κ2) is 13.0. The smallest absolute Gasteiger partial charge is 0.408 e. The van der Waals surface area contributed by atoms with Crippen LogP contribution in [0.25, 0.3) is 10.9 Å². The Labute approximate surface area is 228 Å². The molecule has 7 heteroatoms. The first-order valence-corrected chi connectivity index (χ1v) is 14.2. The van der Waals surface area contributed by atoms with Crippen LogP contribution in [-0.4, -0.2) is 48.5 Å². The molecule has 1 aromatic heterocycles. The van der Waals surface area contributed by atoms with E-state index in [0.717, 1.165) is 18.4 Å². The Bertz CT molecular complexity index is 1050. The number of nitrogens with one attached hydrogen (secondary N) is 2. The number of aromatic nitrogens is 1. The topological polar surface area (TPSA) is 89.6 Å². The summed E-state index contributed by atoms with van der Waals surface area (Å²) in [5.41, 5.74) is 1.77. The second-order valence-electron chi connectivity index (χ2n) is 12.5. The lowest BCUT2D eigenvalue weighted by molar-refractivity contribution is -0.146. The van der Waals surface area contributed by atoms with Gasteiger partial charge in [-0.05, 0) is 93.2 Å². The molecule has 2 N–H and O–H groups in total. The predicted molar refractivity (Wildman–Crippen MR) is 151 cm³/mol. The molecule has 3 rings (SSSR count). The minimum Gasteiger partial charge on any atom is -0.460 e. The van der Waals surface area contributed by atoms with Crippen LogP contribution < -0.4 is 5.32 Å². The molecule has 1 aliphatic rings. The number of methoxy groups -OCH3 is 1. The number of amides is 1. The van der Waals surface area contributed by atoms with Crippen LogP contribution >= 0.6 is 0 Å². The van der Waals surface area contributed by atoms with E-state index in [1.807, 2.05) is 40.8 Å². The van der Waals surface area contributed by atoms with Crippen LogP contribution in [0.5, 0.6) is 0 Å². The van der Waals surface area contributed by atoms with Gasteiger partial charge in [-0.15, -0.1) is 0 Å².